The van der Waals surface area contributed by atoms with E-state index >= 15 is 0 Å². The summed E-state index contributed by atoms with van der Waals surface area (Å²) >= 11 is 0. The number of hydrogen-bond donors (Lipinski definition) is 0. The maximum absolute atomic E-state index is 12.4. The molecule has 1 aliphatic rings. The summed E-state index contributed by atoms with van der Waals surface area (Å²) in [5.74, 6) is 0.880. The Hall–Kier alpha value is -3.46. The molecule has 122 valence electrons. The van der Waals surface area contributed by atoms with Crippen molar-refractivity contribution in [3.8, 4) is 17.5 Å². The van der Waals surface area contributed by atoms with Gasteiger partial charge in [-0.3, -0.25) is 4.79 Å². The van der Waals surface area contributed by atoms with Gasteiger partial charge in [0.2, 0.25) is 17.6 Å². The summed E-state index contributed by atoms with van der Waals surface area (Å²) < 4.78 is 5.39. The second-order valence-electron chi connectivity index (χ2n) is 5.89. The van der Waals surface area contributed by atoms with Crippen LogP contribution in [0.3, 0.4) is 0 Å². The number of hydrogen-bond acceptors (Lipinski definition) is 5. The SMILES string of the molecule is N#Cc1ccc(N2CC(c3nc(-c4ccccc4)no3)CC2=O)cc1. The highest BCUT2D eigenvalue weighted by Crippen LogP contribution is 2.32. The fourth-order valence-electron chi connectivity index (χ4n) is 2.94. The molecule has 0 saturated carbocycles. The standard InChI is InChI=1S/C19H14N4O2/c20-11-13-6-8-16(9-7-13)23-12-15(10-17(23)24)19-21-18(22-25-19)14-4-2-1-3-5-14/h1-9,15H,10,12H2. The van der Waals surface area contributed by atoms with E-state index in [2.05, 4.69) is 16.2 Å². The average Bonchev–Trinajstić information content (AvgIpc) is 3.29. The van der Waals surface area contributed by atoms with Crippen LogP contribution in [0.1, 0.15) is 23.8 Å². The van der Waals surface area contributed by atoms with E-state index in [1.165, 1.54) is 0 Å². The van der Waals surface area contributed by atoms with E-state index in [4.69, 9.17) is 9.78 Å². The topological polar surface area (TPSA) is 83.0 Å². The Morgan fingerprint density at radius 1 is 1.12 bits per heavy atom. The van der Waals surface area contributed by atoms with Gasteiger partial charge < -0.3 is 9.42 Å². The first-order chi connectivity index (χ1) is 12.2. The highest BCUT2D eigenvalue weighted by molar-refractivity contribution is 5.96. The smallest absolute Gasteiger partial charge is 0.232 e. The molecular formula is C19H14N4O2. The van der Waals surface area contributed by atoms with Crippen LogP contribution >= 0.6 is 0 Å². The molecule has 6 heteroatoms. The molecule has 0 bridgehead atoms. The van der Waals surface area contributed by atoms with Crippen molar-refractivity contribution in [1.82, 2.24) is 10.1 Å². The van der Waals surface area contributed by atoms with Gasteiger partial charge >= 0.3 is 0 Å². The second-order valence-corrected chi connectivity index (χ2v) is 5.89. The molecule has 1 aliphatic heterocycles. The van der Waals surface area contributed by atoms with Crippen LogP contribution in [0, 0.1) is 11.3 Å². The first kappa shape index (κ1) is 15.1. The number of amides is 1. The van der Waals surface area contributed by atoms with Gasteiger partial charge in [0.05, 0.1) is 17.6 Å². The number of anilines is 1. The van der Waals surface area contributed by atoms with Gasteiger partial charge in [-0.25, -0.2) is 0 Å². The van der Waals surface area contributed by atoms with Crippen LogP contribution in [0.15, 0.2) is 59.1 Å². The zero-order valence-electron chi connectivity index (χ0n) is 13.3. The van der Waals surface area contributed by atoms with Crippen LogP contribution in [0.25, 0.3) is 11.4 Å². The molecule has 0 radical (unpaired) electrons. The predicted molar refractivity (Wildman–Crippen MR) is 90.6 cm³/mol. The summed E-state index contributed by atoms with van der Waals surface area (Å²) in [7, 11) is 0. The van der Waals surface area contributed by atoms with Gasteiger partial charge in [-0.1, -0.05) is 35.5 Å². The number of aromatic nitrogens is 2. The van der Waals surface area contributed by atoms with E-state index in [9.17, 15) is 4.79 Å². The van der Waals surface area contributed by atoms with Crippen LogP contribution in [-0.4, -0.2) is 22.6 Å². The minimum atomic E-state index is -0.131. The van der Waals surface area contributed by atoms with Crippen LogP contribution < -0.4 is 4.90 Å². The average molecular weight is 330 g/mol. The molecule has 25 heavy (non-hydrogen) atoms. The van der Waals surface area contributed by atoms with Crippen molar-refractivity contribution in [2.24, 2.45) is 0 Å². The molecule has 3 aromatic rings. The first-order valence-corrected chi connectivity index (χ1v) is 7.94. The van der Waals surface area contributed by atoms with Gasteiger partial charge in [0.25, 0.3) is 0 Å². The largest absolute Gasteiger partial charge is 0.339 e. The normalized spacial score (nSPS) is 16.8. The zero-order chi connectivity index (χ0) is 17.2. The monoisotopic (exact) mass is 330 g/mol. The Balaban J connectivity index is 1.54. The van der Waals surface area contributed by atoms with Crippen molar-refractivity contribution in [2.75, 3.05) is 11.4 Å². The molecule has 1 fully saturated rings. The van der Waals surface area contributed by atoms with Crippen LogP contribution in [-0.2, 0) is 4.79 Å². The van der Waals surface area contributed by atoms with Crippen molar-refractivity contribution in [3.05, 3.63) is 66.1 Å². The lowest BCUT2D eigenvalue weighted by Crippen LogP contribution is -2.24. The molecule has 1 amide bonds. The number of carbonyl (C=O) groups excluding carboxylic acids is 1. The molecule has 0 spiro atoms. The molecule has 1 unspecified atom stereocenters. The quantitative estimate of drug-likeness (QED) is 0.737. The fourth-order valence-corrected chi connectivity index (χ4v) is 2.94. The van der Waals surface area contributed by atoms with Crippen molar-refractivity contribution < 1.29 is 9.32 Å². The predicted octanol–water partition coefficient (Wildman–Crippen LogP) is 3.13. The zero-order valence-corrected chi connectivity index (χ0v) is 13.3. The third-order valence-corrected chi connectivity index (χ3v) is 4.26. The van der Waals surface area contributed by atoms with Crippen LogP contribution in [0.2, 0.25) is 0 Å². The Bertz CT molecular complexity index is 942. The molecular weight excluding hydrogens is 316 g/mol. The molecule has 1 saturated heterocycles. The lowest BCUT2D eigenvalue weighted by molar-refractivity contribution is -0.117. The van der Waals surface area contributed by atoms with Gasteiger partial charge in [-0.15, -0.1) is 0 Å². The van der Waals surface area contributed by atoms with Crippen molar-refractivity contribution in [3.63, 3.8) is 0 Å². The number of nitrogens with zero attached hydrogens (tertiary/aromatic N) is 4. The third kappa shape index (κ3) is 2.88. The highest BCUT2D eigenvalue weighted by Gasteiger charge is 2.35. The number of rotatable bonds is 3. The molecule has 2 heterocycles. The minimum absolute atomic E-state index is 0.00849. The molecule has 6 nitrogen and oxygen atoms in total. The van der Waals surface area contributed by atoms with Gasteiger partial charge in [0.15, 0.2) is 0 Å². The van der Waals surface area contributed by atoms with Crippen molar-refractivity contribution in [2.45, 2.75) is 12.3 Å². The molecule has 2 aromatic carbocycles. The molecule has 1 aromatic heterocycles. The van der Waals surface area contributed by atoms with Crippen LogP contribution in [0.5, 0.6) is 0 Å². The lowest BCUT2D eigenvalue weighted by Gasteiger charge is -2.15. The van der Waals surface area contributed by atoms with Crippen molar-refractivity contribution >= 4 is 11.6 Å². The minimum Gasteiger partial charge on any atom is -0.339 e. The maximum atomic E-state index is 12.4. The summed E-state index contributed by atoms with van der Waals surface area (Å²) in [6.07, 6.45) is 0.330. The molecule has 1 atom stereocenters. The molecule has 0 aliphatic carbocycles. The van der Waals surface area contributed by atoms with Crippen molar-refractivity contribution in [1.29, 1.82) is 5.26 Å². The summed E-state index contributed by atoms with van der Waals surface area (Å²) in [6.45, 7) is 0.487. The van der Waals surface area contributed by atoms with Crippen LogP contribution in [0.4, 0.5) is 5.69 Å². The Kier molecular flexibility index (Phi) is 3.75. The second kappa shape index (κ2) is 6.21. The van der Waals surface area contributed by atoms with Gasteiger partial charge in [0, 0.05) is 24.2 Å². The van der Waals surface area contributed by atoms with E-state index in [1.54, 1.807) is 29.2 Å². The van der Waals surface area contributed by atoms with E-state index < -0.39 is 0 Å². The first-order valence-electron chi connectivity index (χ1n) is 7.94. The molecule has 4 rings (SSSR count). The number of nitriles is 1. The summed E-state index contributed by atoms with van der Waals surface area (Å²) in [5, 5.41) is 12.9. The summed E-state index contributed by atoms with van der Waals surface area (Å²) in [4.78, 5) is 18.5. The Labute approximate surface area is 144 Å². The Morgan fingerprint density at radius 2 is 1.88 bits per heavy atom. The molecule has 0 N–H and O–H groups in total. The van der Waals surface area contributed by atoms with Gasteiger partial charge in [0.1, 0.15) is 0 Å². The van der Waals surface area contributed by atoms with E-state index in [0.29, 0.717) is 30.2 Å². The van der Waals surface area contributed by atoms with Gasteiger partial charge in [-0.2, -0.15) is 10.2 Å². The van der Waals surface area contributed by atoms with E-state index in [-0.39, 0.29) is 11.8 Å². The highest BCUT2D eigenvalue weighted by atomic mass is 16.5. The lowest BCUT2D eigenvalue weighted by atomic mass is 10.1. The maximum Gasteiger partial charge on any atom is 0.232 e. The third-order valence-electron chi connectivity index (χ3n) is 4.26. The van der Waals surface area contributed by atoms with E-state index in [1.807, 2.05) is 30.3 Å². The summed E-state index contributed by atoms with van der Waals surface area (Å²) in [6, 6.07) is 18.6. The Morgan fingerprint density at radius 3 is 2.60 bits per heavy atom. The summed E-state index contributed by atoms with van der Waals surface area (Å²) in [5.41, 5.74) is 2.22. The number of benzene rings is 2. The fraction of sp³-hybridized carbons (Fsp3) is 0.158. The van der Waals surface area contributed by atoms with E-state index in [0.717, 1.165) is 11.3 Å². The number of carbonyl (C=O) groups is 1. The van der Waals surface area contributed by atoms with Gasteiger partial charge in [-0.05, 0) is 24.3 Å².